The predicted octanol–water partition coefficient (Wildman–Crippen LogP) is 4.07. The van der Waals surface area contributed by atoms with Gasteiger partial charge >= 0.3 is 0 Å². The Morgan fingerprint density at radius 1 is 1.06 bits per heavy atom. The van der Waals surface area contributed by atoms with Crippen LogP contribution in [0.2, 0.25) is 0 Å². The zero-order valence-corrected chi connectivity index (χ0v) is 18.3. The third-order valence-electron chi connectivity index (χ3n) is 6.42. The lowest BCUT2D eigenvalue weighted by Gasteiger charge is -2.49. The minimum atomic E-state index is -0.690. The number of aliphatic hydroxyl groups is 1. The van der Waals surface area contributed by atoms with Gasteiger partial charge in [0.15, 0.2) is 6.61 Å². The monoisotopic (exact) mass is 429 g/mol. The van der Waals surface area contributed by atoms with E-state index in [0.29, 0.717) is 24.4 Å². The summed E-state index contributed by atoms with van der Waals surface area (Å²) in [6.45, 7) is 3.85. The number of nitrogens with two attached hydrogens (primary N) is 1. The molecule has 1 fully saturated rings. The molecule has 164 valence electrons. The van der Waals surface area contributed by atoms with Gasteiger partial charge in [-0.2, -0.15) is 0 Å². The van der Waals surface area contributed by atoms with Gasteiger partial charge in [-0.1, -0.05) is 49.4 Å². The van der Waals surface area contributed by atoms with Gasteiger partial charge in [0, 0.05) is 11.1 Å². The molecule has 0 saturated heterocycles. The minimum Gasteiger partial charge on any atom is -0.466 e. The maximum Gasteiger partial charge on any atom is 0.269 e. The first-order chi connectivity index (χ1) is 15.3. The van der Waals surface area contributed by atoms with Crippen molar-refractivity contribution in [2.75, 3.05) is 11.5 Å². The van der Waals surface area contributed by atoms with Crippen LogP contribution in [-0.4, -0.2) is 28.2 Å². The van der Waals surface area contributed by atoms with Gasteiger partial charge in [0.05, 0.1) is 17.0 Å². The van der Waals surface area contributed by atoms with Gasteiger partial charge in [-0.3, -0.25) is 9.69 Å². The number of anilines is 2. The van der Waals surface area contributed by atoms with Gasteiger partial charge in [-0.25, -0.2) is 4.98 Å². The van der Waals surface area contributed by atoms with Crippen molar-refractivity contribution in [2.45, 2.75) is 44.2 Å². The molecular formula is C26H27N3O3. The number of nitrogens with zero attached hydrogens (tertiary/aromatic N) is 2. The lowest BCUT2D eigenvalue weighted by atomic mass is 9.63. The van der Waals surface area contributed by atoms with E-state index in [1.54, 1.807) is 4.90 Å². The molecule has 1 saturated carbocycles. The Hall–Kier alpha value is -3.22. The summed E-state index contributed by atoms with van der Waals surface area (Å²) in [6.07, 6.45) is 1.92. The highest BCUT2D eigenvalue weighted by atomic mass is 16.5. The van der Waals surface area contributed by atoms with E-state index in [2.05, 4.69) is 6.92 Å². The van der Waals surface area contributed by atoms with Gasteiger partial charge in [-0.15, -0.1) is 0 Å². The highest BCUT2D eigenvalue weighted by Gasteiger charge is 2.49. The van der Waals surface area contributed by atoms with E-state index < -0.39 is 11.1 Å². The third kappa shape index (κ3) is 3.45. The number of hydrogen-bond acceptors (Lipinski definition) is 5. The first-order valence-electron chi connectivity index (χ1n) is 11.0. The molecule has 0 atom stereocenters. The standard InChI is InChI=1S/C26H27N3O3/c1-3-17-6-4-5-7-21(17)29-22-13-12-20(28-24(22)32-14-23(29)30)18-8-10-19(11-9-18)26(27)15-25(2,31)16-26/h4-13,31H,3,14-16,27H2,1-2H3. The molecule has 2 heterocycles. The number of rotatable bonds is 4. The van der Waals surface area contributed by atoms with Crippen molar-refractivity contribution in [1.29, 1.82) is 0 Å². The number of carbonyl (C=O) groups is 1. The van der Waals surface area contributed by atoms with Gasteiger partial charge in [0.2, 0.25) is 5.88 Å². The number of carbonyl (C=O) groups excluding carboxylic acids is 1. The fourth-order valence-corrected chi connectivity index (χ4v) is 4.98. The van der Waals surface area contributed by atoms with Crippen LogP contribution in [0.4, 0.5) is 11.4 Å². The molecule has 32 heavy (non-hydrogen) atoms. The summed E-state index contributed by atoms with van der Waals surface area (Å²) >= 11 is 0. The number of hydrogen-bond donors (Lipinski definition) is 2. The zero-order chi connectivity index (χ0) is 22.5. The normalized spacial score (nSPS) is 24.5. The fourth-order valence-electron chi connectivity index (χ4n) is 4.98. The second kappa shape index (κ2) is 7.43. The molecule has 0 bridgehead atoms. The minimum absolute atomic E-state index is 0.0456. The average molecular weight is 430 g/mol. The molecule has 2 aliphatic rings. The number of aromatic nitrogens is 1. The van der Waals surface area contributed by atoms with Crippen LogP contribution in [0.15, 0.2) is 60.7 Å². The summed E-state index contributed by atoms with van der Waals surface area (Å²) < 4.78 is 5.70. The molecule has 0 radical (unpaired) electrons. The number of benzene rings is 2. The Kier molecular flexibility index (Phi) is 4.80. The van der Waals surface area contributed by atoms with Crippen molar-refractivity contribution < 1.29 is 14.6 Å². The lowest BCUT2D eigenvalue weighted by Crippen LogP contribution is -2.58. The second-order valence-electron chi connectivity index (χ2n) is 9.10. The lowest BCUT2D eigenvalue weighted by molar-refractivity contribution is -0.120. The first-order valence-corrected chi connectivity index (χ1v) is 11.0. The van der Waals surface area contributed by atoms with Crippen LogP contribution in [-0.2, 0) is 16.8 Å². The maximum absolute atomic E-state index is 12.7. The molecule has 0 unspecified atom stereocenters. The van der Waals surface area contributed by atoms with Crippen LogP contribution in [0, 0.1) is 0 Å². The van der Waals surface area contributed by atoms with Crippen LogP contribution in [0.3, 0.4) is 0 Å². The van der Waals surface area contributed by atoms with Gasteiger partial charge in [0.1, 0.15) is 5.69 Å². The summed E-state index contributed by atoms with van der Waals surface area (Å²) in [5.41, 5.74) is 10.6. The van der Waals surface area contributed by atoms with Crippen molar-refractivity contribution in [2.24, 2.45) is 5.73 Å². The number of fused-ring (bicyclic) bond motifs is 1. The van der Waals surface area contributed by atoms with Gasteiger partial charge < -0.3 is 15.6 Å². The highest BCUT2D eigenvalue weighted by Crippen LogP contribution is 2.46. The molecule has 0 spiro atoms. The summed E-state index contributed by atoms with van der Waals surface area (Å²) in [4.78, 5) is 19.2. The Morgan fingerprint density at radius 2 is 1.78 bits per heavy atom. The molecule has 3 aromatic rings. The Balaban J connectivity index is 1.46. The average Bonchev–Trinajstić information content (AvgIpc) is 2.77. The van der Waals surface area contributed by atoms with Crippen molar-refractivity contribution in [1.82, 2.24) is 4.98 Å². The summed E-state index contributed by atoms with van der Waals surface area (Å²) in [5, 5.41) is 10.1. The molecule has 1 aromatic heterocycles. The Morgan fingerprint density at radius 3 is 2.47 bits per heavy atom. The van der Waals surface area contributed by atoms with E-state index in [-0.39, 0.29) is 12.5 Å². The number of para-hydroxylation sites is 1. The quantitative estimate of drug-likeness (QED) is 0.653. The third-order valence-corrected chi connectivity index (χ3v) is 6.42. The summed E-state index contributed by atoms with van der Waals surface area (Å²) in [5.74, 6) is 0.337. The van der Waals surface area contributed by atoms with Crippen LogP contribution in [0.25, 0.3) is 11.3 Å². The fraction of sp³-hybridized carbons (Fsp3) is 0.308. The molecule has 1 aliphatic carbocycles. The molecule has 2 aromatic carbocycles. The smallest absolute Gasteiger partial charge is 0.269 e. The molecule has 3 N–H and O–H groups in total. The summed E-state index contributed by atoms with van der Waals surface area (Å²) in [6, 6.07) is 19.7. The molecule has 6 nitrogen and oxygen atoms in total. The highest BCUT2D eigenvalue weighted by molar-refractivity contribution is 6.04. The Labute approximate surface area is 187 Å². The van der Waals surface area contributed by atoms with Gasteiger partial charge in [-0.05, 0) is 55.5 Å². The van der Waals surface area contributed by atoms with Crippen molar-refractivity contribution in [3.05, 3.63) is 71.8 Å². The number of pyridine rings is 1. The van der Waals surface area contributed by atoms with Crippen molar-refractivity contribution in [3.8, 4) is 17.1 Å². The predicted molar refractivity (Wildman–Crippen MR) is 124 cm³/mol. The topological polar surface area (TPSA) is 88.7 Å². The molecular weight excluding hydrogens is 402 g/mol. The molecule has 6 heteroatoms. The van der Waals surface area contributed by atoms with Crippen LogP contribution in [0.1, 0.15) is 37.8 Å². The first kappa shape index (κ1) is 20.7. The van der Waals surface area contributed by atoms with Crippen molar-refractivity contribution in [3.63, 3.8) is 0 Å². The molecule has 1 amide bonds. The SMILES string of the molecule is CCc1ccccc1N1C(=O)COc2nc(-c3ccc(C4(N)CC(C)(O)C4)cc3)ccc21. The number of amides is 1. The summed E-state index contributed by atoms with van der Waals surface area (Å²) in [7, 11) is 0. The van der Waals surface area contributed by atoms with E-state index >= 15 is 0 Å². The van der Waals surface area contributed by atoms with Crippen LogP contribution >= 0.6 is 0 Å². The molecule has 1 aliphatic heterocycles. The van der Waals surface area contributed by atoms with E-state index in [1.807, 2.05) is 67.6 Å². The maximum atomic E-state index is 12.7. The van der Waals surface area contributed by atoms with E-state index in [4.69, 9.17) is 15.5 Å². The second-order valence-corrected chi connectivity index (χ2v) is 9.10. The zero-order valence-electron chi connectivity index (χ0n) is 18.3. The van der Waals surface area contributed by atoms with Crippen LogP contribution in [0.5, 0.6) is 5.88 Å². The number of ether oxygens (including phenoxy) is 1. The molecule has 5 rings (SSSR count). The van der Waals surface area contributed by atoms with E-state index in [0.717, 1.165) is 34.5 Å². The van der Waals surface area contributed by atoms with Crippen LogP contribution < -0.4 is 15.4 Å². The van der Waals surface area contributed by atoms with Gasteiger partial charge in [0.25, 0.3) is 5.91 Å². The Bertz CT molecular complexity index is 1180. The largest absolute Gasteiger partial charge is 0.466 e. The number of aryl methyl sites for hydroxylation is 1. The van der Waals surface area contributed by atoms with E-state index in [9.17, 15) is 9.90 Å². The van der Waals surface area contributed by atoms with Crippen molar-refractivity contribution >= 4 is 17.3 Å². The van der Waals surface area contributed by atoms with E-state index in [1.165, 1.54) is 0 Å².